The third-order valence-electron chi connectivity index (χ3n) is 5.52. The van der Waals surface area contributed by atoms with Crippen molar-refractivity contribution in [2.45, 2.75) is 58.0 Å². The van der Waals surface area contributed by atoms with Gasteiger partial charge in [-0.1, -0.05) is 18.9 Å². The predicted molar refractivity (Wildman–Crippen MR) is 109 cm³/mol. The zero-order chi connectivity index (χ0) is 21.0. The lowest BCUT2D eigenvalue weighted by molar-refractivity contribution is -0.155. The topological polar surface area (TPSA) is 90.0 Å². The zero-order valence-electron chi connectivity index (χ0n) is 17.1. The van der Waals surface area contributed by atoms with Gasteiger partial charge in [-0.05, 0) is 56.4 Å². The van der Waals surface area contributed by atoms with Crippen molar-refractivity contribution < 1.29 is 27.5 Å². The van der Waals surface area contributed by atoms with E-state index in [0.29, 0.717) is 12.2 Å². The molecule has 8 heteroatoms. The van der Waals surface area contributed by atoms with Crippen LogP contribution >= 0.6 is 0 Å². The van der Waals surface area contributed by atoms with Gasteiger partial charge in [0.25, 0.3) is 5.91 Å². The van der Waals surface area contributed by atoms with Gasteiger partial charge in [0.2, 0.25) is 0 Å². The first-order chi connectivity index (χ1) is 13.7. The highest BCUT2D eigenvalue weighted by molar-refractivity contribution is 7.91. The average molecular weight is 424 g/mol. The van der Waals surface area contributed by atoms with E-state index in [1.165, 1.54) is 0 Å². The van der Waals surface area contributed by atoms with Crippen LogP contribution in [0.3, 0.4) is 0 Å². The number of hydrogen-bond acceptors (Lipinski definition) is 6. The second-order valence-electron chi connectivity index (χ2n) is 8.07. The van der Waals surface area contributed by atoms with Crippen LogP contribution in [0.1, 0.15) is 43.2 Å². The Kier molecular flexibility index (Phi) is 6.82. The molecule has 0 radical (unpaired) electrons. The van der Waals surface area contributed by atoms with Gasteiger partial charge in [0.1, 0.15) is 5.75 Å². The summed E-state index contributed by atoms with van der Waals surface area (Å²) in [6.07, 6.45) is 4.24. The molecule has 1 aromatic carbocycles. The number of sulfone groups is 1. The van der Waals surface area contributed by atoms with E-state index in [1.54, 1.807) is 4.90 Å². The molecule has 29 heavy (non-hydrogen) atoms. The molecule has 1 saturated carbocycles. The third-order valence-corrected chi connectivity index (χ3v) is 7.27. The van der Waals surface area contributed by atoms with Gasteiger partial charge < -0.3 is 14.4 Å². The maximum atomic E-state index is 12.8. The van der Waals surface area contributed by atoms with Crippen molar-refractivity contribution in [1.29, 1.82) is 0 Å². The summed E-state index contributed by atoms with van der Waals surface area (Å²) in [4.78, 5) is 26.5. The Morgan fingerprint density at radius 2 is 1.66 bits per heavy atom. The largest absolute Gasteiger partial charge is 0.482 e. The molecular formula is C21H29NO6S. The van der Waals surface area contributed by atoms with E-state index in [-0.39, 0.29) is 42.7 Å². The minimum Gasteiger partial charge on any atom is -0.482 e. The molecular weight excluding hydrogens is 394 g/mol. The minimum absolute atomic E-state index is 0.000985. The van der Waals surface area contributed by atoms with Gasteiger partial charge in [-0.25, -0.2) is 13.2 Å². The van der Waals surface area contributed by atoms with Gasteiger partial charge in [-0.3, -0.25) is 4.79 Å². The van der Waals surface area contributed by atoms with Crippen molar-refractivity contribution in [3.8, 4) is 5.75 Å². The molecule has 0 spiro atoms. The Morgan fingerprint density at radius 1 is 1.00 bits per heavy atom. The van der Waals surface area contributed by atoms with Crippen LogP contribution in [0.25, 0.3) is 0 Å². The van der Waals surface area contributed by atoms with Gasteiger partial charge in [0, 0.05) is 12.1 Å². The smallest absolute Gasteiger partial charge is 0.344 e. The highest BCUT2D eigenvalue weighted by Crippen LogP contribution is 2.29. The summed E-state index contributed by atoms with van der Waals surface area (Å²) in [7, 11) is -3.10. The fourth-order valence-corrected chi connectivity index (χ4v) is 6.01. The molecule has 0 bridgehead atoms. The number of rotatable bonds is 7. The van der Waals surface area contributed by atoms with Crippen molar-refractivity contribution in [1.82, 2.24) is 4.90 Å². The molecule has 1 unspecified atom stereocenters. The molecule has 1 saturated heterocycles. The van der Waals surface area contributed by atoms with Crippen molar-refractivity contribution in [2.75, 3.05) is 24.7 Å². The number of carbonyl (C=O) groups excluding carboxylic acids is 2. The monoisotopic (exact) mass is 423 g/mol. The first kappa shape index (κ1) is 21.6. The molecule has 1 atom stereocenters. The van der Waals surface area contributed by atoms with Gasteiger partial charge in [0.05, 0.1) is 11.5 Å². The molecule has 3 rings (SSSR count). The summed E-state index contributed by atoms with van der Waals surface area (Å²) in [6.45, 7) is 3.22. The van der Waals surface area contributed by atoms with Gasteiger partial charge in [-0.2, -0.15) is 0 Å². The molecule has 1 aromatic rings. The van der Waals surface area contributed by atoms with Crippen molar-refractivity contribution in [3.05, 3.63) is 29.3 Å². The first-order valence-corrected chi connectivity index (χ1v) is 11.9. The van der Waals surface area contributed by atoms with Gasteiger partial charge in [-0.15, -0.1) is 0 Å². The Labute approximate surface area is 172 Å². The molecule has 7 nitrogen and oxygen atoms in total. The van der Waals surface area contributed by atoms with Crippen LogP contribution in [0.4, 0.5) is 0 Å². The van der Waals surface area contributed by atoms with E-state index >= 15 is 0 Å². The Morgan fingerprint density at radius 3 is 2.24 bits per heavy atom. The fourth-order valence-electron chi connectivity index (χ4n) is 4.30. The maximum absolute atomic E-state index is 12.8. The summed E-state index contributed by atoms with van der Waals surface area (Å²) >= 11 is 0. The van der Waals surface area contributed by atoms with Crippen LogP contribution in [0, 0.1) is 13.8 Å². The van der Waals surface area contributed by atoms with E-state index < -0.39 is 15.8 Å². The summed E-state index contributed by atoms with van der Waals surface area (Å²) in [6, 6.07) is 5.37. The molecule has 0 N–H and O–H groups in total. The van der Waals surface area contributed by atoms with Crippen LogP contribution < -0.4 is 4.74 Å². The van der Waals surface area contributed by atoms with E-state index in [9.17, 15) is 18.0 Å². The molecule has 1 aliphatic heterocycles. The molecule has 160 valence electrons. The van der Waals surface area contributed by atoms with Gasteiger partial charge >= 0.3 is 5.97 Å². The lowest BCUT2D eigenvalue weighted by Crippen LogP contribution is -2.48. The lowest BCUT2D eigenvalue weighted by atomic mass is 10.1. The number of carbonyl (C=O) groups is 2. The second-order valence-corrected chi connectivity index (χ2v) is 10.3. The standard InChI is InChI=1S/C21H29NO6S/c1-15-9-16(2)11-19(10-15)27-13-21(24)28-12-20(23)22(17-5-3-4-6-17)18-7-8-29(25,26)14-18/h9-11,17-18H,3-8,12-14H2,1-2H3. The SMILES string of the molecule is Cc1cc(C)cc(OCC(=O)OCC(=O)N(C2CCCC2)C2CCS(=O)(=O)C2)c1. The van der Waals surface area contributed by atoms with Crippen LogP contribution in [-0.2, 0) is 24.2 Å². The van der Waals surface area contributed by atoms with Crippen LogP contribution in [-0.4, -0.2) is 62.0 Å². The van der Waals surface area contributed by atoms with Crippen molar-refractivity contribution in [3.63, 3.8) is 0 Å². The second kappa shape index (κ2) is 9.15. The number of hydrogen-bond donors (Lipinski definition) is 0. The quantitative estimate of drug-likeness (QED) is 0.625. The van der Waals surface area contributed by atoms with Crippen LogP contribution in [0.5, 0.6) is 5.75 Å². The number of benzene rings is 1. The first-order valence-electron chi connectivity index (χ1n) is 10.1. The third kappa shape index (κ3) is 5.95. The predicted octanol–water partition coefficient (Wildman–Crippen LogP) is 2.18. The highest BCUT2D eigenvalue weighted by atomic mass is 32.2. The molecule has 1 aliphatic carbocycles. The highest BCUT2D eigenvalue weighted by Gasteiger charge is 2.39. The molecule has 1 amide bonds. The van der Waals surface area contributed by atoms with E-state index in [2.05, 4.69) is 0 Å². The normalized spacial score (nSPS) is 21.1. The fraction of sp³-hybridized carbons (Fsp3) is 0.619. The van der Waals surface area contributed by atoms with Crippen LogP contribution in [0.2, 0.25) is 0 Å². The Hall–Kier alpha value is -2.09. The van der Waals surface area contributed by atoms with E-state index in [4.69, 9.17) is 9.47 Å². The van der Waals surface area contributed by atoms with Crippen molar-refractivity contribution >= 4 is 21.7 Å². The molecule has 2 aliphatic rings. The molecule has 0 aromatic heterocycles. The summed E-state index contributed by atoms with van der Waals surface area (Å²) in [5.74, 6) is -0.257. The van der Waals surface area contributed by atoms with Gasteiger partial charge in [0.15, 0.2) is 23.1 Å². The summed E-state index contributed by atoms with van der Waals surface area (Å²) < 4.78 is 34.4. The zero-order valence-corrected chi connectivity index (χ0v) is 17.9. The molecule has 1 heterocycles. The maximum Gasteiger partial charge on any atom is 0.344 e. The summed E-state index contributed by atoms with van der Waals surface area (Å²) in [5.41, 5.74) is 2.06. The number of ether oxygens (including phenoxy) is 2. The van der Waals surface area contributed by atoms with Crippen LogP contribution in [0.15, 0.2) is 18.2 Å². The Balaban J connectivity index is 1.54. The summed E-state index contributed by atoms with van der Waals surface area (Å²) in [5, 5.41) is 0. The number of nitrogens with zero attached hydrogens (tertiary/aromatic N) is 1. The van der Waals surface area contributed by atoms with Crippen molar-refractivity contribution in [2.24, 2.45) is 0 Å². The Bertz CT molecular complexity index is 840. The number of aryl methyl sites for hydroxylation is 2. The van der Waals surface area contributed by atoms with E-state index in [0.717, 1.165) is 36.8 Å². The number of esters is 1. The minimum atomic E-state index is -3.10. The van der Waals surface area contributed by atoms with E-state index in [1.807, 2.05) is 32.0 Å². The number of amides is 1. The lowest BCUT2D eigenvalue weighted by Gasteiger charge is -2.33. The molecule has 2 fully saturated rings. The average Bonchev–Trinajstić information content (AvgIpc) is 3.27.